The Balaban J connectivity index is 1.18. The summed E-state index contributed by atoms with van der Waals surface area (Å²) in [5.74, 6) is 0.895. The van der Waals surface area contributed by atoms with Gasteiger partial charge in [0.05, 0.1) is 30.4 Å². The van der Waals surface area contributed by atoms with E-state index in [1.165, 1.54) is 18.3 Å². The van der Waals surface area contributed by atoms with Gasteiger partial charge >= 0.3 is 6.18 Å². The Hall–Kier alpha value is -2.65. The summed E-state index contributed by atoms with van der Waals surface area (Å²) in [7, 11) is 0. The largest absolute Gasteiger partial charge is 0.490 e. The van der Waals surface area contributed by atoms with Crippen LogP contribution in [0.2, 0.25) is 0 Å². The first-order valence-electron chi connectivity index (χ1n) is 10.6. The molecule has 32 heavy (non-hydrogen) atoms. The lowest BCUT2D eigenvalue weighted by molar-refractivity contribution is -0.184. The Morgan fingerprint density at radius 2 is 1.78 bits per heavy atom. The highest BCUT2D eigenvalue weighted by Gasteiger charge is 2.44. The van der Waals surface area contributed by atoms with Crippen LogP contribution in [-0.4, -0.2) is 53.3 Å². The highest BCUT2D eigenvalue weighted by atomic mass is 19.4. The maximum absolute atomic E-state index is 13.0. The van der Waals surface area contributed by atoms with E-state index in [-0.39, 0.29) is 25.2 Å². The molecule has 2 saturated heterocycles. The van der Waals surface area contributed by atoms with Gasteiger partial charge in [0.25, 0.3) is 5.91 Å². The molecule has 1 saturated carbocycles. The van der Waals surface area contributed by atoms with Gasteiger partial charge in [0.15, 0.2) is 0 Å². The summed E-state index contributed by atoms with van der Waals surface area (Å²) in [6, 6.07) is 6.45. The summed E-state index contributed by atoms with van der Waals surface area (Å²) in [5, 5.41) is 10.4. The highest BCUT2D eigenvalue weighted by molar-refractivity contribution is 5.94. The summed E-state index contributed by atoms with van der Waals surface area (Å²) in [4.78, 5) is 18.9. The molecule has 170 valence electrons. The molecular weight excluding hydrogens is 425 g/mol. The minimum Gasteiger partial charge on any atom is -0.490 e. The molecular formula is C23H23F3N2O4. The summed E-state index contributed by atoms with van der Waals surface area (Å²) in [6.45, 7) is 1.60. The Kier molecular flexibility index (Phi) is 5.13. The van der Waals surface area contributed by atoms with E-state index in [4.69, 9.17) is 9.47 Å². The molecule has 3 aliphatic rings. The SMILES string of the molecule is O=C(c1cncc(C2(O)COC2)c1)N1CC2CC(Oc3ccc(C(F)(F)F)cc3)CC2C1. The van der Waals surface area contributed by atoms with E-state index in [1.807, 2.05) is 4.90 Å². The number of aromatic nitrogens is 1. The van der Waals surface area contributed by atoms with Crippen molar-refractivity contribution in [1.29, 1.82) is 0 Å². The standard InChI is InChI=1S/C23H23F3N2O4/c24-23(25,26)17-1-3-19(4-2-17)32-20-6-15-10-28(11-16(15)7-20)21(29)14-5-18(9-27-8-14)22(30)12-31-13-22/h1-5,8-9,15-16,20,30H,6-7,10-13H2. The van der Waals surface area contributed by atoms with Gasteiger partial charge in [-0.2, -0.15) is 13.2 Å². The van der Waals surface area contributed by atoms with Gasteiger partial charge in [-0.25, -0.2) is 0 Å². The number of rotatable bonds is 4. The molecule has 2 aliphatic heterocycles. The number of hydrogen-bond acceptors (Lipinski definition) is 5. The Labute approximate surface area is 183 Å². The van der Waals surface area contributed by atoms with E-state index in [9.17, 15) is 23.1 Å². The molecule has 6 nitrogen and oxygen atoms in total. The third kappa shape index (κ3) is 3.95. The molecule has 0 spiro atoms. The number of aliphatic hydroxyl groups is 1. The average Bonchev–Trinajstić information content (AvgIpc) is 3.30. The maximum Gasteiger partial charge on any atom is 0.416 e. The van der Waals surface area contributed by atoms with Gasteiger partial charge in [0, 0.05) is 31.0 Å². The van der Waals surface area contributed by atoms with Crippen LogP contribution in [0.15, 0.2) is 42.7 Å². The molecule has 1 aromatic heterocycles. The number of alkyl halides is 3. The summed E-state index contributed by atoms with van der Waals surface area (Å²) < 4.78 is 49.1. The van der Waals surface area contributed by atoms with Crippen LogP contribution in [0.5, 0.6) is 5.75 Å². The Morgan fingerprint density at radius 1 is 1.12 bits per heavy atom. The molecule has 2 unspecified atom stereocenters. The second-order valence-electron chi connectivity index (χ2n) is 8.95. The van der Waals surface area contributed by atoms with Gasteiger partial charge < -0.3 is 19.5 Å². The van der Waals surface area contributed by atoms with E-state index in [2.05, 4.69) is 4.98 Å². The number of nitrogens with zero attached hydrogens (tertiary/aromatic N) is 2. The minimum atomic E-state index is -4.36. The number of pyridine rings is 1. The van der Waals surface area contributed by atoms with E-state index < -0.39 is 17.3 Å². The van der Waals surface area contributed by atoms with Crippen LogP contribution in [0.25, 0.3) is 0 Å². The van der Waals surface area contributed by atoms with E-state index in [0.717, 1.165) is 25.0 Å². The normalized spacial score (nSPS) is 26.5. The van der Waals surface area contributed by atoms with Crippen LogP contribution in [-0.2, 0) is 16.5 Å². The fourth-order valence-corrected chi connectivity index (χ4v) is 4.88. The van der Waals surface area contributed by atoms with Crippen molar-refractivity contribution < 1.29 is 32.5 Å². The van der Waals surface area contributed by atoms with Crippen LogP contribution < -0.4 is 4.74 Å². The lowest BCUT2D eigenvalue weighted by Gasteiger charge is -2.36. The third-order valence-corrected chi connectivity index (χ3v) is 6.68. The number of carbonyl (C=O) groups excluding carboxylic acids is 1. The first kappa shape index (κ1) is 21.2. The molecule has 1 amide bonds. The molecule has 0 bridgehead atoms. The molecule has 1 N–H and O–H groups in total. The number of hydrogen-bond donors (Lipinski definition) is 1. The first-order valence-corrected chi connectivity index (χ1v) is 10.6. The molecule has 0 radical (unpaired) electrons. The molecule has 1 aromatic carbocycles. The fourth-order valence-electron chi connectivity index (χ4n) is 4.88. The van der Waals surface area contributed by atoms with Crippen LogP contribution in [0.1, 0.15) is 34.3 Å². The van der Waals surface area contributed by atoms with Gasteiger partial charge in [0.1, 0.15) is 11.4 Å². The zero-order valence-electron chi connectivity index (χ0n) is 17.2. The van der Waals surface area contributed by atoms with Gasteiger partial charge in [0.2, 0.25) is 0 Å². The van der Waals surface area contributed by atoms with Gasteiger partial charge in [-0.15, -0.1) is 0 Å². The molecule has 2 atom stereocenters. The van der Waals surface area contributed by atoms with Gasteiger partial charge in [-0.05, 0) is 55.0 Å². The minimum absolute atomic E-state index is 0.0724. The van der Waals surface area contributed by atoms with Crippen molar-refractivity contribution in [3.63, 3.8) is 0 Å². The smallest absolute Gasteiger partial charge is 0.416 e. The number of fused-ring (bicyclic) bond motifs is 1. The monoisotopic (exact) mass is 448 g/mol. The second kappa shape index (κ2) is 7.74. The van der Waals surface area contributed by atoms with Crippen molar-refractivity contribution in [1.82, 2.24) is 9.88 Å². The molecule has 1 aliphatic carbocycles. The number of halogens is 3. The molecule has 9 heteroatoms. The lowest BCUT2D eigenvalue weighted by Crippen LogP contribution is -2.46. The fraction of sp³-hybridized carbons (Fsp3) is 0.478. The number of amides is 1. The number of benzene rings is 1. The van der Waals surface area contributed by atoms with Crippen LogP contribution >= 0.6 is 0 Å². The molecule has 2 aromatic rings. The van der Waals surface area contributed by atoms with Crippen molar-refractivity contribution in [2.45, 2.75) is 30.7 Å². The van der Waals surface area contributed by atoms with E-state index >= 15 is 0 Å². The van der Waals surface area contributed by atoms with Crippen molar-refractivity contribution in [2.24, 2.45) is 11.8 Å². The van der Waals surface area contributed by atoms with E-state index in [1.54, 1.807) is 12.3 Å². The molecule has 3 fully saturated rings. The second-order valence-corrected chi connectivity index (χ2v) is 8.95. The maximum atomic E-state index is 13.0. The summed E-state index contributed by atoms with van der Waals surface area (Å²) >= 11 is 0. The summed E-state index contributed by atoms with van der Waals surface area (Å²) in [6.07, 6.45) is 0.144. The van der Waals surface area contributed by atoms with Crippen LogP contribution in [0.3, 0.4) is 0 Å². The van der Waals surface area contributed by atoms with E-state index in [0.29, 0.717) is 41.8 Å². The van der Waals surface area contributed by atoms with Gasteiger partial charge in [-0.3, -0.25) is 9.78 Å². The third-order valence-electron chi connectivity index (χ3n) is 6.68. The van der Waals surface area contributed by atoms with Crippen molar-refractivity contribution >= 4 is 5.91 Å². The predicted molar refractivity (Wildman–Crippen MR) is 107 cm³/mol. The van der Waals surface area contributed by atoms with Crippen molar-refractivity contribution in [3.8, 4) is 5.75 Å². The Bertz CT molecular complexity index is 993. The molecule has 5 rings (SSSR count). The first-order chi connectivity index (χ1) is 15.2. The molecule has 3 heterocycles. The van der Waals surface area contributed by atoms with Crippen molar-refractivity contribution in [2.75, 3.05) is 26.3 Å². The quantitative estimate of drug-likeness (QED) is 0.778. The zero-order valence-corrected chi connectivity index (χ0v) is 17.2. The zero-order chi connectivity index (χ0) is 22.5. The van der Waals surface area contributed by atoms with Crippen LogP contribution in [0, 0.1) is 11.8 Å². The summed E-state index contributed by atoms with van der Waals surface area (Å²) in [5.41, 5.74) is -0.745. The number of carbonyl (C=O) groups is 1. The van der Waals surface area contributed by atoms with Crippen molar-refractivity contribution in [3.05, 3.63) is 59.4 Å². The average molecular weight is 448 g/mol. The van der Waals surface area contributed by atoms with Gasteiger partial charge in [-0.1, -0.05) is 0 Å². The highest BCUT2D eigenvalue weighted by Crippen LogP contribution is 2.41. The number of likely N-dealkylation sites (tertiary alicyclic amines) is 1. The lowest BCUT2D eigenvalue weighted by atomic mass is 9.92. The topological polar surface area (TPSA) is 71.9 Å². The Morgan fingerprint density at radius 3 is 2.34 bits per heavy atom. The predicted octanol–water partition coefficient (Wildman–Crippen LogP) is 3.25. The van der Waals surface area contributed by atoms with Crippen LogP contribution in [0.4, 0.5) is 13.2 Å². The number of ether oxygens (including phenoxy) is 2.